The van der Waals surface area contributed by atoms with Crippen molar-refractivity contribution in [3.8, 4) is 0 Å². The topological polar surface area (TPSA) is 0 Å². The molecule has 3 saturated carbocycles. The molecule has 4 atom stereocenters. The molecule has 0 aromatic heterocycles. The van der Waals surface area contributed by atoms with Crippen LogP contribution < -0.4 is 0 Å². The molecule has 0 bridgehead atoms. The van der Waals surface area contributed by atoms with Gasteiger partial charge in [0.25, 0.3) is 0 Å². The monoisotopic (exact) mass is 205 g/mol. The van der Waals surface area contributed by atoms with Crippen LogP contribution in [0.5, 0.6) is 0 Å². The van der Waals surface area contributed by atoms with E-state index in [0.717, 1.165) is 17.8 Å². The predicted octanol–water partition coefficient (Wildman–Crippen LogP) is 4.45. The van der Waals surface area contributed by atoms with E-state index in [1.807, 2.05) is 5.92 Å². The Hall–Kier alpha value is -0.130. The molecule has 3 aliphatic rings. The molecule has 0 heteroatoms. The van der Waals surface area contributed by atoms with E-state index in [4.69, 9.17) is 0 Å². The molecule has 84 valence electrons. The van der Waals surface area contributed by atoms with Crippen LogP contribution in [-0.2, 0) is 0 Å². The molecule has 3 rings (SSSR count). The maximum Gasteiger partial charge on any atom is 0.109 e. The van der Waals surface area contributed by atoms with Crippen LogP contribution in [0, 0.1) is 34.5 Å². The first-order valence-electron chi connectivity index (χ1n) is 6.80. The zero-order valence-electron chi connectivity index (χ0n) is 10.8. The third-order valence-electron chi connectivity index (χ3n) is 5.94. The fourth-order valence-corrected chi connectivity index (χ4v) is 5.48. The van der Waals surface area contributed by atoms with E-state index in [1.54, 1.807) is 0 Å². The summed E-state index contributed by atoms with van der Waals surface area (Å²) in [5.74, 6) is 4.90. The van der Waals surface area contributed by atoms with Gasteiger partial charge in [0.2, 0.25) is 0 Å². The molecule has 0 unspecified atom stereocenters. The lowest BCUT2D eigenvalue weighted by atomic mass is 9.63. The van der Waals surface area contributed by atoms with Crippen molar-refractivity contribution in [1.29, 1.82) is 0 Å². The minimum Gasteiger partial charge on any atom is -0.0594 e. The minimum atomic E-state index is 0.616. The SMILES string of the molecule is C[C@H]1CC[C@@H]2[C@H]3[C+]1CC[C@@]3(C)CC2(C)C. The first-order chi connectivity index (χ1) is 6.94. The van der Waals surface area contributed by atoms with Gasteiger partial charge < -0.3 is 0 Å². The lowest BCUT2D eigenvalue weighted by Crippen LogP contribution is -2.34. The molecule has 0 spiro atoms. The van der Waals surface area contributed by atoms with Crippen molar-refractivity contribution < 1.29 is 0 Å². The second-order valence-electron chi connectivity index (χ2n) is 7.46. The second kappa shape index (κ2) is 2.76. The highest BCUT2D eigenvalue weighted by atomic mass is 14.7. The smallest absolute Gasteiger partial charge is 0.0594 e. The van der Waals surface area contributed by atoms with Gasteiger partial charge in [0, 0.05) is 11.3 Å². The Morgan fingerprint density at radius 3 is 2.60 bits per heavy atom. The average molecular weight is 205 g/mol. The van der Waals surface area contributed by atoms with E-state index in [-0.39, 0.29) is 0 Å². The molecule has 0 aliphatic heterocycles. The third-order valence-corrected chi connectivity index (χ3v) is 5.94. The van der Waals surface area contributed by atoms with Crippen molar-refractivity contribution in [3.05, 3.63) is 5.92 Å². The first kappa shape index (κ1) is 10.1. The summed E-state index contributed by atoms with van der Waals surface area (Å²) in [5, 5.41) is 0. The van der Waals surface area contributed by atoms with Crippen LogP contribution in [0.3, 0.4) is 0 Å². The molecule has 0 aromatic carbocycles. The fraction of sp³-hybridized carbons (Fsp3) is 0.933. The van der Waals surface area contributed by atoms with Gasteiger partial charge in [0.15, 0.2) is 0 Å². The van der Waals surface area contributed by atoms with E-state index >= 15 is 0 Å². The Labute approximate surface area is 94.8 Å². The van der Waals surface area contributed by atoms with Gasteiger partial charge in [-0.05, 0) is 38.0 Å². The molecule has 0 aromatic rings. The molecule has 0 heterocycles. The van der Waals surface area contributed by atoms with Crippen LogP contribution in [0.25, 0.3) is 0 Å². The van der Waals surface area contributed by atoms with Crippen molar-refractivity contribution in [1.82, 2.24) is 0 Å². The number of hydrogen-bond acceptors (Lipinski definition) is 0. The minimum absolute atomic E-state index is 0.616. The van der Waals surface area contributed by atoms with Gasteiger partial charge in [-0.2, -0.15) is 0 Å². The number of hydrogen-bond donors (Lipinski definition) is 0. The van der Waals surface area contributed by atoms with Crippen molar-refractivity contribution >= 4 is 0 Å². The Bertz CT molecular complexity index is 278. The third kappa shape index (κ3) is 1.17. The first-order valence-corrected chi connectivity index (χ1v) is 6.80. The van der Waals surface area contributed by atoms with Gasteiger partial charge in [-0.3, -0.25) is 0 Å². The molecule has 0 amide bonds. The molecule has 0 radical (unpaired) electrons. The van der Waals surface area contributed by atoms with E-state index in [9.17, 15) is 0 Å². The van der Waals surface area contributed by atoms with Gasteiger partial charge in [0.1, 0.15) is 5.92 Å². The standard InChI is InChI=1S/C15H25/c1-10-5-6-12-13-11(10)7-8-15(13,4)9-14(12,2)3/h10,12-13H,5-9H2,1-4H3/q+1/t10-,12+,13+,15-/m0/s1. The Morgan fingerprint density at radius 1 is 1.13 bits per heavy atom. The average Bonchev–Trinajstić information content (AvgIpc) is 2.53. The van der Waals surface area contributed by atoms with Crippen molar-refractivity contribution in [2.75, 3.05) is 0 Å². The Balaban J connectivity index is 2.00. The van der Waals surface area contributed by atoms with Gasteiger partial charge in [-0.25, -0.2) is 0 Å². The summed E-state index contributed by atoms with van der Waals surface area (Å²) < 4.78 is 0. The number of rotatable bonds is 0. The summed E-state index contributed by atoms with van der Waals surface area (Å²) in [5.41, 5.74) is 1.30. The van der Waals surface area contributed by atoms with Gasteiger partial charge in [0.05, 0.1) is 18.3 Å². The highest BCUT2D eigenvalue weighted by Crippen LogP contribution is 2.70. The second-order valence-corrected chi connectivity index (χ2v) is 7.46. The van der Waals surface area contributed by atoms with E-state index in [0.29, 0.717) is 10.8 Å². The zero-order valence-corrected chi connectivity index (χ0v) is 10.8. The maximum absolute atomic E-state index is 2.57. The molecule has 0 saturated heterocycles. The molecule has 3 aliphatic carbocycles. The molecular formula is C15H25+. The van der Waals surface area contributed by atoms with Crippen molar-refractivity contribution in [3.63, 3.8) is 0 Å². The van der Waals surface area contributed by atoms with Gasteiger partial charge in [-0.15, -0.1) is 0 Å². The molecule has 0 N–H and O–H groups in total. The normalized spacial score (nSPS) is 52.0. The molecular weight excluding hydrogens is 180 g/mol. The van der Waals surface area contributed by atoms with Crippen LogP contribution in [0.1, 0.15) is 59.8 Å². The summed E-state index contributed by atoms with van der Waals surface area (Å²) in [7, 11) is 0. The summed E-state index contributed by atoms with van der Waals surface area (Å²) in [6, 6.07) is 0. The van der Waals surface area contributed by atoms with Gasteiger partial charge in [-0.1, -0.05) is 20.8 Å². The molecule has 15 heavy (non-hydrogen) atoms. The highest BCUT2D eigenvalue weighted by molar-refractivity contribution is 5.22. The molecule has 0 nitrogen and oxygen atoms in total. The quantitative estimate of drug-likeness (QED) is 0.512. The van der Waals surface area contributed by atoms with E-state index in [2.05, 4.69) is 27.7 Å². The lowest BCUT2D eigenvalue weighted by molar-refractivity contribution is 0.149. The fourth-order valence-electron chi connectivity index (χ4n) is 5.48. The van der Waals surface area contributed by atoms with Crippen molar-refractivity contribution in [2.24, 2.45) is 28.6 Å². The summed E-state index contributed by atoms with van der Waals surface area (Å²) in [4.78, 5) is 0. The highest BCUT2D eigenvalue weighted by Gasteiger charge is 2.68. The maximum atomic E-state index is 2.57. The Kier molecular flexibility index (Phi) is 1.85. The predicted molar refractivity (Wildman–Crippen MR) is 64.4 cm³/mol. The zero-order chi connectivity index (χ0) is 10.8. The van der Waals surface area contributed by atoms with Gasteiger partial charge >= 0.3 is 0 Å². The van der Waals surface area contributed by atoms with Crippen molar-refractivity contribution in [2.45, 2.75) is 59.8 Å². The van der Waals surface area contributed by atoms with Crippen LogP contribution >= 0.6 is 0 Å². The van der Waals surface area contributed by atoms with Crippen LogP contribution in [0.4, 0.5) is 0 Å². The molecule has 3 fully saturated rings. The lowest BCUT2D eigenvalue weighted by Gasteiger charge is -2.35. The Morgan fingerprint density at radius 2 is 1.87 bits per heavy atom. The van der Waals surface area contributed by atoms with E-state index in [1.165, 1.54) is 32.1 Å². The summed E-state index contributed by atoms with van der Waals surface area (Å²) in [6.45, 7) is 10.1. The largest absolute Gasteiger partial charge is 0.109 e. The summed E-state index contributed by atoms with van der Waals surface area (Å²) >= 11 is 0. The van der Waals surface area contributed by atoms with Crippen LogP contribution in [-0.4, -0.2) is 0 Å². The van der Waals surface area contributed by atoms with E-state index < -0.39 is 0 Å². The van der Waals surface area contributed by atoms with Crippen LogP contribution in [0.15, 0.2) is 0 Å². The summed E-state index contributed by atoms with van der Waals surface area (Å²) in [6.07, 6.45) is 7.38. The van der Waals surface area contributed by atoms with Crippen LogP contribution in [0.2, 0.25) is 0 Å².